The van der Waals surface area contributed by atoms with Gasteiger partial charge in [-0.25, -0.2) is 4.39 Å². The zero-order valence-electron chi connectivity index (χ0n) is 10.6. The van der Waals surface area contributed by atoms with Crippen molar-refractivity contribution in [2.24, 2.45) is 0 Å². The average molecular weight is 236 g/mol. The topological polar surface area (TPSA) is 15.3 Å². The van der Waals surface area contributed by atoms with Gasteiger partial charge in [-0.2, -0.15) is 0 Å². The van der Waals surface area contributed by atoms with Gasteiger partial charge in [-0.3, -0.25) is 4.90 Å². The van der Waals surface area contributed by atoms with Gasteiger partial charge in [-0.1, -0.05) is 19.1 Å². The minimum atomic E-state index is -0.136. The molecular formula is C14H21FN2. The lowest BCUT2D eigenvalue weighted by atomic mass is 10.0. The Hall–Kier alpha value is -0.930. The van der Waals surface area contributed by atoms with Crippen molar-refractivity contribution in [1.29, 1.82) is 0 Å². The van der Waals surface area contributed by atoms with Crippen molar-refractivity contribution in [3.63, 3.8) is 0 Å². The average Bonchev–Trinajstić information content (AvgIpc) is 2.22. The Kier molecular flexibility index (Phi) is 4.13. The van der Waals surface area contributed by atoms with Crippen molar-refractivity contribution in [2.75, 3.05) is 19.6 Å². The van der Waals surface area contributed by atoms with Crippen LogP contribution in [-0.2, 0) is 6.42 Å². The predicted octanol–water partition coefficient (Wildman–Crippen LogP) is 2.05. The first-order chi connectivity index (χ1) is 8.20. The maximum atomic E-state index is 13.1. The van der Waals surface area contributed by atoms with E-state index in [0.29, 0.717) is 12.1 Å². The van der Waals surface area contributed by atoms with Gasteiger partial charge in [0.2, 0.25) is 0 Å². The maximum absolute atomic E-state index is 13.1. The van der Waals surface area contributed by atoms with Crippen LogP contribution in [0.5, 0.6) is 0 Å². The molecule has 0 bridgehead atoms. The number of nitrogens with one attached hydrogen (secondary N) is 1. The molecule has 0 aliphatic carbocycles. The first-order valence-corrected chi connectivity index (χ1v) is 6.41. The Morgan fingerprint density at radius 2 is 2.24 bits per heavy atom. The largest absolute Gasteiger partial charge is 0.314 e. The van der Waals surface area contributed by atoms with Crippen LogP contribution in [0, 0.1) is 5.82 Å². The van der Waals surface area contributed by atoms with Crippen LogP contribution in [0.4, 0.5) is 4.39 Å². The zero-order chi connectivity index (χ0) is 12.3. The summed E-state index contributed by atoms with van der Waals surface area (Å²) < 4.78 is 13.1. The monoisotopic (exact) mass is 236 g/mol. The van der Waals surface area contributed by atoms with E-state index in [4.69, 9.17) is 0 Å². The molecule has 1 saturated heterocycles. The molecule has 1 fully saturated rings. The Labute approximate surface area is 103 Å². The molecule has 1 heterocycles. The summed E-state index contributed by atoms with van der Waals surface area (Å²) >= 11 is 0. The maximum Gasteiger partial charge on any atom is 0.123 e. The van der Waals surface area contributed by atoms with Crippen LogP contribution < -0.4 is 5.32 Å². The van der Waals surface area contributed by atoms with Crippen LogP contribution >= 0.6 is 0 Å². The van der Waals surface area contributed by atoms with Crippen molar-refractivity contribution < 1.29 is 4.39 Å². The summed E-state index contributed by atoms with van der Waals surface area (Å²) in [5.41, 5.74) is 1.09. The molecule has 1 N–H and O–H groups in total. The number of nitrogens with zero attached hydrogens (tertiary/aromatic N) is 1. The Bertz CT molecular complexity index is 363. The van der Waals surface area contributed by atoms with Crippen molar-refractivity contribution in [2.45, 2.75) is 32.4 Å². The highest BCUT2D eigenvalue weighted by Gasteiger charge is 2.26. The van der Waals surface area contributed by atoms with Crippen molar-refractivity contribution in [3.05, 3.63) is 35.6 Å². The van der Waals surface area contributed by atoms with Gasteiger partial charge in [0.25, 0.3) is 0 Å². The summed E-state index contributed by atoms with van der Waals surface area (Å²) in [6.07, 6.45) is 0.919. The lowest BCUT2D eigenvalue weighted by molar-refractivity contribution is 0.109. The molecule has 0 spiro atoms. The van der Waals surface area contributed by atoms with E-state index in [1.165, 1.54) is 6.07 Å². The van der Waals surface area contributed by atoms with Gasteiger partial charge in [-0.15, -0.1) is 0 Å². The molecule has 0 amide bonds. The summed E-state index contributed by atoms with van der Waals surface area (Å²) in [7, 11) is 0. The van der Waals surface area contributed by atoms with Crippen LogP contribution in [-0.4, -0.2) is 36.6 Å². The van der Waals surface area contributed by atoms with Crippen molar-refractivity contribution in [1.82, 2.24) is 10.2 Å². The molecule has 1 aromatic rings. The molecule has 3 heteroatoms. The van der Waals surface area contributed by atoms with Crippen LogP contribution in [0.15, 0.2) is 24.3 Å². The number of benzene rings is 1. The van der Waals surface area contributed by atoms with Gasteiger partial charge in [0.05, 0.1) is 0 Å². The molecule has 17 heavy (non-hydrogen) atoms. The molecule has 2 nitrogen and oxygen atoms in total. The molecule has 1 unspecified atom stereocenters. The highest BCUT2D eigenvalue weighted by molar-refractivity contribution is 5.17. The van der Waals surface area contributed by atoms with Crippen LogP contribution in [0.1, 0.15) is 19.4 Å². The molecule has 0 aromatic heterocycles. The van der Waals surface area contributed by atoms with Gasteiger partial charge in [0, 0.05) is 25.2 Å². The van der Waals surface area contributed by atoms with Gasteiger partial charge in [0.1, 0.15) is 5.82 Å². The van der Waals surface area contributed by atoms with Gasteiger partial charge < -0.3 is 5.32 Å². The van der Waals surface area contributed by atoms with Gasteiger partial charge >= 0.3 is 0 Å². The lowest BCUT2D eigenvalue weighted by Crippen LogP contribution is -2.59. The number of likely N-dealkylation sites (N-methyl/N-ethyl adjacent to an activating group) is 1. The fourth-order valence-corrected chi connectivity index (χ4v) is 2.56. The molecule has 1 aliphatic heterocycles. The molecule has 1 atom stereocenters. The number of halogens is 1. The molecule has 94 valence electrons. The second-order valence-electron chi connectivity index (χ2n) is 4.83. The van der Waals surface area contributed by atoms with E-state index in [9.17, 15) is 4.39 Å². The van der Waals surface area contributed by atoms with E-state index < -0.39 is 0 Å². The summed E-state index contributed by atoms with van der Waals surface area (Å²) in [4.78, 5) is 2.50. The molecule has 0 radical (unpaired) electrons. The van der Waals surface area contributed by atoms with Crippen LogP contribution in [0.3, 0.4) is 0 Å². The zero-order valence-corrected chi connectivity index (χ0v) is 10.6. The minimum Gasteiger partial charge on any atom is -0.314 e. The number of hydrogen-bond acceptors (Lipinski definition) is 2. The smallest absolute Gasteiger partial charge is 0.123 e. The highest BCUT2D eigenvalue weighted by atomic mass is 19.1. The van der Waals surface area contributed by atoms with E-state index in [1.54, 1.807) is 12.1 Å². The van der Waals surface area contributed by atoms with Crippen molar-refractivity contribution in [3.8, 4) is 0 Å². The first-order valence-electron chi connectivity index (χ1n) is 6.41. The summed E-state index contributed by atoms with van der Waals surface area (Å²) in [5.74, 6) is -0.136. The SMILES string of the molecule is CCN(C(C)Cc1cccc(F)c1)C1CNC1. The second kappa shape index (κ2) is 5.61. The molecule has 1 aromatic carbocycles. The van der Waals surface area contributed by atoms with E-state index in [1.807, 2.05) is 6.07 Å². The summed E-state index contributed by atoms with van der Waals surface area (Å²) in [5, 5.41) is 3.30. The van der Waals surface area contributed by atoms with Crippen molar-refractivity contribution >= 4 is 0 Å². The van der Waals surface area contributed by atoms with E-state index in [0.717, 1.165) is 31.6 Å². The standard InChI is InChI=1S/C14H21FN2/c1-3-17(14-9-16-10-14)11(2)7-12-5-4-6-13(15)8-12/h4-6,8,11,14,16H,3,7,9-10H2,1-2H3. The third kappa shape index (κ3) is 3.05. The number of rotatable bonds is 5. The molecular weight excluding hydrogens is 215 g/mol. The fraction of sp³-hybridized carbons (Fsp3) is 0.571. The minimum absolute atomic E-state index is 0.136. The first kappa shape index (κ1) is 12.5. The van der Waals surface area contributed by atoms with E-state index in [2.05, 4.69) is 24.1 Å². The molecule has 2 rings (SSSR count). The lowest BCUT2D eigenvalue weighted by Gasteiger charge is -2.41. The Balaban J connectivity index is 1.96. The quantitative estimate of drug-likeness (QED) is 0.841. The normalized spacial score (nSPS) is 18.1. The van der Waals surface area contributed by atoms with Crippen LogP contribution in [0.2, 0.25) is 0 Å². The van der Waals surface area contributed by atoms with E-state index >= 15 is 0 Å². The van der Waals surface area contributed by atoms with Gasteiger partial charge in [0.15, 0.2) is 0 Å². The number of hydrogen-bond donors (Lipinski definition) is 1. The second-order valence-corrected chi connectivity index (χ2v) is 4.83. The van der Waals surface area contributed by atoms with Crippen LogP contribution in [0.25, 0.3) is 0 Å². The molecule has 0 saturated carbocycles. The molecule has 1 aliphatic rings. The third-order valence-electron chi connectivity index (χ3n) is 3.58. The third-order valence-corrected chi connectivity index (χ3v) is 3.58. The summed E-state index contributed by atoms with van der Waals surface area (Å²) in [6, 6.07) is 8.06. The Morgan fingerprint density at radius 3 is 2.76 bits per heavy atom. The predicted molar refractivity (Wildman–Crippen MR) is 68.6 cm³/mol. The van der Waals surface area contributed by atoms with Gasteiger partial charge in [-0.05, 0) is 37.6 Å². The fourth-order valence-electron chi connectivity index (χ4n) is 2.56. The van der Waals surface area contributed by atoms with E-state index in [-0.39, 0.29) is 5.82 Å². The highest BCUT2D eigenvalue weighted by Crippen LogP contribution is 2.14. The summed E-state index contributed by atoms with van der Waals surface area (Å²) in [6.45, 7) is 7.65. The Morgan fingerprint density at radius 1 is 1.47 bits per heavy atom.